The lowest BCUT2D eigenvalue weighted by atomic mass is 9.88. The van der Waals surface area contributed by atoms with E-state index in [4.69, 9.17) is 0 Å². The topological polar surface area (TPSA) is 38.0 Å². The first-order valence-corrected chi connectivity index (χ1v) is 5.14. The van der Waals surface area contributed by atoms with Gasteiger partial charge in [-0.05, 0) is 24.8 Å². The molecule has 1 aromatic rings. The van der Waals surface area contributed by atoms with Crippen LogP contribution in [0.5, 0.6) is 0 Å². The third kappa shape index (κ3) is 2.84. The Bertz CT molecular complexity index is 286. The van der Waals surface area contributed by atoms with Gasteiger partial charge in [0, 0.05) is 12.7 Å². The van der Waals surface area contributed by atoms with E-state index in [9.17, 15) is 5.11 Å². The van der Waals surface area contributed by atoms with E-state index in [1.54, 1.807) is 6.20 Å². The molecule has 0 aliphatic rings. The lowest BCUT2D eigenvalue weighted by Gasteiger charge is -2.22. The van der Waals surface area contributed by atoms with E-state index in [1.807, 2.05) is 17.7 Å². The molecule has 0 aliphatic carbocycles. The molecule has 3 nitrogen and oxygen atoms in total. The van der Waals surface area contributed by atoms with Crippen LogP contribution in [0, 0.1) is 5.41 Å². The molecule has 0 saturated carbocycles. The maximum absolute atomic E-state index is 10.00. The highest BCUT2D eigenvalue weighted by atomic mass is 16.3. The van der Waals surface area contributed by atoms with Crippen molar-refractivity contribution in [2.24, 2.45) is 5.41 Å². The fourth-order valence-corrected chi connectivity index (χ4v) is 1.57. The third-order valence-corrected chi connectivity index (χ3v) is 2.20. The van der Waals surface area contributed by atoms with Gasteiger partial charge in [-0.15, -0.1) is 0 Å². The summed E-state index contributed by atoms with van der Waals surface area (Å²) in [4.78, 5) is 0. The molecule has 1 aromatic heterocycles. The molecule has 1 unspecified atom stereocenters. The molecule has 0 aliphatic heterocycles. The van der Waals surface area contributed by atoms with Gasteiger partial charge in [0.05, 0.1) is 11.8 Å². The number of hydrogen-bond donors (Lipinski definition) is 1. The quantitative estimate of drug-likeness (QED) is 0.806. The highest BCUT2D eigenvalue weighted by Crippen LogP contribution is 2.28. The predicted molar refractivity (Wildman–Crippen MR) is 56.9 cm³/mol. The average molecular weight is 196 g/mol. The van der Waals surface area contributed by atoms with Gasteiger partial charge in [0.15, 0.2) is 0 Å². The standard InChI is InChI=1S/C11H20N2O/c1-5-13-9(6-7-12-13)10(14)8-11(2,3)4/h6-7,10,14H,5,8H2,1-4H3. The lowest BCUT2D eigenvalue weighted by molar-refractivity contribution is 0.113. The van der Waals surface area contributed by atoms with Gasteiger partial charge < -0.3 is 5.11 Å². The van der Waals surface area contributed by atoms with E-state index in [2.05, 4.69) is 25.9 Å². The molecule has 80 valence electrons. The molecule has 0 radical (unpaired) electrons. The summed E-state index contributed by atoms with van der Waals surface area (Å²) >= 11 is 0. The summed E-state index contributed by atoms with van der Waals surface area (Å²) in [6.45, 7) is 9.22. The molecule has 1 atom stereocenters. The summed E-state index contributed by atoms with van der Waals surface area (Å²) in [5, 5.41) is 14.1. The lowest BCUT2D eigenvalue weighted by Crippen LogP contribution is -2.15. The molecular weight excluding hydrogens is 176 g/mol. The number of hydrogen-bond acceptors (Lipinski definition) is 2. The molecule has 0 fully saturated rings. The first kappa shape index (κ1) is 11.2. The molecule has 0 bridgehead atoms. The van der Waals surface area contributed by atoms with Crippen molar-refractivity contribution in [3.05, 3.63) is 18.0 Å². The number of aryl methyl sites for hydroxylation is 1. The van der Waals surface area contributed by atoms with E-state index >= 15 is 0 Å². The summed E-state index contributed by atoms with van der Waals surface area (Å²) < 4.78 is 1.84. The van der Waals surface area contributed by atoms with Crippen LogP contribution in [-0.2, 0) is 6.54 Å². The van der Waals surface area contributed by atoms with E-state index in [0.29, 0.717) is 0 Å². The van der Waals surface area contributed by atoms with Gasteiger partial charge in [0.25, 0.3) is 0 Å². The molecule has 1 heterocycles. The minimum Gasteiger partial charge on any atom is -0.387 e. The Labute approximate surface area is 85.8 Å². The van der Waals surface area contributed by atoms with E-state index < -0.39 is 6.10 Å². The van der Waals surface area contributed by atoms with Crippen molar-refractivity contribution in [1.82, 2.24) is 9.78 Å². The normalized spacial score (nSPS) is 14.4. The molecule has 0 amide bonds. The van der Waals surface area contributed by atoms with Crippen LogP contribution in [0.3, 0.4) is 0 Å². The van der Waals surface area contributed by atoms with Crippen LogP contribution in [0.15, 0.2) is 12.3 Å². The van der Waals surface area contributed by atoms with E-state index in [-0.39, 0.29) is 5.41 Å². The summed E-state index contributed by atoms with van der Waals surface area (Å²) in [5.74, 6) is 0. The first-order chi connectivity index (χ1) is 6.44. The van der Waals surface area contributed by atoms with Crippen LogP contribution in [0.25, 0.3) is 0 Å². The fourth-order valence-electron chi connectivity index (χ4n) is 1.57. The van der Waals surface area contributed by atoms with Gasteiger partial charge in [-0.1, -0.05) is 20.8 Å². The monoisotopic (exact) mass is 196 g/mol. The Morgan fingerprint density at radius 1 is 1.50 bits per heavy atom. The maximum Gasteiger partial charge on any atom is 0.0961 e. The number of aliphatic hydroxyl groups is 1. The molecule has 0 saturated heterocycles. The number of aromatic nitrogens is 2. The Morgan fingerprint density at radius 3 is 2.64 bits per heavy atom. The van der Waals surface area contributed by atoms with Gasteiger partial charge in [-0.3, -0.25) is 4.68 Å². The second-order valence-electron chi connectivity index (χ2n) is 4.85. The second kappa shape index (κ2) is 4.13. The van der Waals surface area contributed by atoms with Crippen molar-refractivity contribution in [2.45, 2.75) is 46.8 Å². The minimum atomic E-state index is -0.405. The molecule has 1 rings (SSSR count). The van der Waals surface area contributed by atoms with Gasteiger partial charge >= 0.3 is 0 Å². The molecule has 1 N–H and O–H groups in total. The molecule has 14 heavy (non-hydrogen) atoms. The van der Waals surface area contributed by atoms with Crippen LogP contribution in [0.2, 0.25) is 0 Å². The maximum atomic E-state index is 10.00. The Hall–Kier alpha value is -0.830. The summed E-state index contributed by atoms with van der Waals surface area (Å²) in [5.41, 5.74) is 1.06. The minimum absolute atomic E-state index is 0.141. The average Bonchev–Trinajstić information content (AvgIpc) is 2.47. The zero-order valence-electron chi connectivity index (χ0n) is 9.49. The molecule has 0 aromatic carbocycles. The van der Waals surface area contributed by atoms with E-state index in [1.165, 1.54) is 0 Å². The van der Waals surface area contributed by atoms with Crippen LogP contribution < -0.4 is 0 Å². The van der Waals surface area contributed by atoms with Crippen molar-refractivity contribution in [1.29, 1.82) is 0 Å². The van der Waals surface area contributed by atoms with Crippen molar-refractivity contribution >= 4 is 0 Å². The SMILES string of the molecule is CCn1nccc1C(O)CC(C)(C)C. The summed E-state index contributed by atoms with van der Waals surface area (Å²) in [6.07, 6.45) is 2.10. The first-order valence-electron chi connectivity index (χ1n) is 5.14. The zero-order valence-corrected chi connectivity index (χ0v) is 9.49. The largest absolute Gasteiger partial charge is 0.387 e. The van der Waals surface area contributed by atoms with Crippen molar-refractivity contribution in [3.63, 3.8) is 0 Å². The second-order valence-corrected chi connectivity index (χ2v) is 4.85. The Kier molecular flexibility index (Phi) is 3.32. The summed E-state index contributed by atoms with van der Waals surface area (Å²) in [7, 11) is 0. The smallest absolute Gasteiger partial charge is 0.0961 e. The third-order valence-electron chi connectivity index (χ3n) is 2.20. The number of nitrogens with zero attached hydrogens (tertiary/aromatic N) is 2. The van der Waals surface area contributed by atoms with Crippen molar-refractivity contribution in [3.8, 4) is 0 Å². The highest BCUT2D eigenvalue weighted by molar-refractivity contribution is 5.04. The fraction of sp³-hybridized carbons (Fsp3) is 0.727. The van der Waals surface area contributed by atoms with Gasteiger partial charge in [-0.25, -0.2) is 0 Å². The molecule has 0 spiro atoms. The van der Waals surface area contributed by atoms with Crippen LogP contribution in [-0.4, -0.2) is 14.9 Å². The summed E-state index contributed by atoms with van der Waals surface area (Å²) in [6, 6.07) is 1.89. The molecular formula is C11H20N2O. The van der Waals surface area contributed by atoms with Crippen molar-refractivity contribution < 1.29 is 5.11 Å². The Morgan fingerprint density at radius 2 is 2.14 bits per heavy atom. The van der Waals surface area contributed by atoms with Crippen LogP contribution >= 0.6 is 0 Å². The van der Waals surface area contributed by atoms with Crippen LogP contribution in [0.1, 0.15) is 45.9 Å². The van der Waals surface area contributed by atoms with Gasteiger partial charge in [0.1, 0.15) is 0 Å². The van der Waals surface area contributed by atoms with Crippen LogP contribution in [0.4, 0.5) is 0 Å². The highest BCUT2D eigenvalue weighted by Gasteiger charge is 2.20. The number of aliphatic hydroxyl groups excluding tert-OH is 1. The van der Waals surface area contributed by atoms with Gasteiger partial charge in [-0.2, -0.15) is 5.10 Å². The van der Waals surface area contributed by atoms with E-state index in [0.717, 1.165) is 18.7 Å². The van der Waals surface area contributed by atoms with Gasteiger partial charge in [0.2, 0.25) is 0 Å². The van der Waals surface area contributed by atoms with Crippen molar-refractivity contribution in [2.75, 3.05) is 0 Å². The molecule has 3 heteroatoms. The number of rotatable bonds is 3. The zero-order chi connectivity index (χ0) is 10.8. The Balaban J connectivity index is 2.74. The predicted octanol–water partition coefficient (Wildman–Crippen LogP) is 2.37.